The van der Waals surface area contributed by atoms with Gasteiger partial charge in [-0.2, -0.15) is 16.3 Å². The fraction of sp³-hybridized carbons (Fsp3) is 0.235. The quantitative estimate of drug-likeness (QED) is 0.706. The van der Waals surface area contributed by atoms with Crippen molar-refractivity contribution in [2.75, 3.05) is 12.4 Å². The van der Waals surface area contributed by atoms with E-state index in [1.807, 2.05) is 41.1 Å². The van der Waals surface area contributed by atoms with Crippen LogP contribution in [0.5, 0.6) is 5.75 Å². The zero-order chi connectivity index (χ0) is 16.8. The number of aromatic nitrogens is 2. The van der Waals surface area contributed by atoms with Gasteiger partial charge in [0.1, 0.15) is 5.75 Å². The van der Waals surface area contributed by atoms with Gasteiger partial charge in [0.15, 0.2) is 0 Å². The maximum atomic E-state index is 11.8. The van der Waals surface area contributed by atoms with E-state index in [1.54, 1.807) is 18.4 Å². The first-order chi connectivity index (χ1) is 11.7. The van der Waals surface area contributed by atoms with E-state index in [0.29, 0.717) is 31.0 Å². The number of carbonyl (C=O) groups excluding carboxylic acids is 1. The van der Waals surface area contributed by atoms with Crippen LogP contribution in [-0.2, 0) is 11.2 Å². The molecule has 0 spiro atoms. The molecule has 1 N–H and O–H groups in total. The SMILES string of the molecule is COc1ccc(-c2noc(CCCC(=O)Nc3ccsc3)n2)cc1. The minimum Gasteiger partial charge on any atom is -0.497 e. The van der Waals surface area contributed by atoms with Crippen molar-refractivity contribution in [2.24, 2.45) is 0 Å². The second-order valence-electron chi connectivity index (χ2n) is 5.15. The molecule has 0 aliphatic rings. The molecular weight excluding hydrogens is 326 g/mol. The highest BCUT2D eigenvalue weighted by molar-refractivity contribution is 7.08. The average Bonchev–Trinajstić information content (AvgIpc) is 3.27. The monoisotopic (exact) mass is 343 g/mol. The number of anilines is 1. The van der Waals surface area contributed by atoms with Crippen LogP contribution in [0.1, 0.15) is 18.7 Å². The summed E-state index contributed by atoms with van der Waals surface area (Å²) < 4.78 is 10.4. The highest BCUT2D eigenvalue weighted by Gasteiger charge is 2.10. The van der Waals surface area contributed by atoms with Gasteiger partial charge in [0.2, 0.25) is 17.6 Å². The molecule has 0 bridgehead atoms. The molecule has 0 unspecified atom stereocenters. The average molecular weight is 343 g/mol. The Morgan fingerprint density at radius 2 is 2.12 bits per heavy atom. The van der Waals surface area contributed by atoms with Crippen molar-refractivity contribution in [1.29, 1.82) is 0 Å². The molecule has 1 amide bonds. The molecule has 7 heteroatoms. The van der Waals surface area contributed by atoms with Crippen molar-refractivity contribution in [3.63, 3.8) is 0 Å². The number of nitrogens with zero attached hydrogens (tertiary/aromatic N) is 2. The van der Waals surface area contributed by atoms with Crippen LogP contribution < -0.4 is 10.1 Å². The molecule has 6 nitrogen and oxygen atoms in total. The summed E-state index contributed by atoms with van der Waals surface area (Å²) in [7, 11) is 1.62. The van der Waals surface area contributed by atoms with Crippen molar-refractivity contribution in [3.8, 4) is 17.1 Å². The van der Waals surface area contributed by atoms with Crippen LogP contribution in [0, 0.1) is 0 Å². The number of thiophene rings is 1. The number of carbonyl (C=O) groups is 1. The molecule has 3 aromatic rings. The van der Waals surface area contributed by atoms with Gasteiger partial charge in [-0.3, -0.25) is 4.79 Å². The Bertz CT molecular complexity index is 782. The molecule has 0 fully saturated rings. The van der Waals surface area contributed by atoms with E-state index in [4.69, 9.17) is 9.26 Å². The molecule has 2 heterocycles. The molecule has 24 heavy (non-hydrogen) atoms. The molecule has 0 radical (unpaired) electrons. The number of hydrogen-bond donors (Lipinski definition) is 1. The molecule has 0 atom stereocenters. The van der Waals surface area contributed by atoms with E-state index in [0.717, 1.165) is 17.0 Å². The number of ether oxygens (including phenoxy) is 1. The zero-order valence-electron chi connectivity index (χ0n) is 13.2. The summed E-state index contributed by atoms with van der Waals surface area (Å²) in [5.74, 6) is 1.84. The molecule has 124 valence electrons. The van der Waals surface area contributed by atoms with E-state index in [1.165, 1.54) is 0 Å². The van der Waals surface area contributed by atoms with E-state index in [9.17, 15) is 4.79 Å². The number of aryl methyl sites for hydroxylation is 1. The number of benzene rings is 1. The number of methoxy groups -OCH3 is 1. The standard InChI is InChI=1S/C17H17N3O3S/c1-22-14-7-5-12(6-8-14)17-19-16(23-20-17)4-2-3-15(21)18-13-9-10-24-11-13/h5-11H,2-4H2,1H3,(H,18,21). The van der Waals surface area contributed by atoms with Gasteiger partial charge >= 0.3 is 0 Å². The van der Waals surface area contributed by atoms with E-state index < -0.39 is 0 Å². The maximum absolute atomic E-state index is 11.8. The number of nitrogens with one attached hydrogen (secondary N) is 1. The van der Waals surface area contributed by atoms with Gasteiger partial charge in [0, 0.05) is 23.8 Å². The summed E-state index contributed by atoms with van der Waals surface area (Å²) in [6, 6.07) is 9.32. The smallest absolute Gasteiger partial charge is 0.226 e. The lowest BCUT2D eigenvalue weighted by Gasteiger charge is -2.01. The summed E-state index contributed by atoms with van der Waals surface area (Å²) >= 11 is 1.55. The highest BCUT2D eigenvalue weighted by Crippen LogP contribution is 2.20. The Balaban J connectivity index is 1.49. The minimum absolute atomic E-state index is 0.0108. The Morgan fingerprint density at radius 3 is 2.83 bits per heavy atom. The van der Waals surface area contributed by atoms with Gasteiger partial charge < -0.3 is 14.6 Å². The topological polar surface area (TPSA) is 77.2 Å². The summed E-state index contributed by atoms with van der Waals surface area (Å²) in [4.78, 5) is 16.2. The van der Waals surface area contributed by atoms with Gasteiger partial charge in [0.25, 0.3) is 0 Å². The van der Waals surface area contributed by atoms with Crippen LogP contribution in [0.15, 0.2) is 45.6 Å². The van der Waals surface area contributed by atoms with Crippen LogP contribution >= 0.6 is 11.3 Å². The first kappa shape index (κ1) is 16.2. The number of hydrogen-bond acceptors (Lipinski definition) is 6. The van der Waals surface area contributed by atoms with Crippen molar-refractivity contribution >= 4 is 22.9 Å². The van der Waals surface area contributed by atoms with Crippen molar-refractivity contribution < 1.29 is 14.1 Å². The fourth-order valence-corrected chi connectivity index (χ4v) is 2.76. The predicted octanol–water partition coefficient (Wildman–Crippen LogP) is 3.77. The summed E-state index contributed by atoms with van der Waals surface area (Å²) in [5, 5.41) is 10.6. The first-order valence-electron chi connectivity index (χ1n) is 7.53. The third-order valence-corrected chi connectivity index (χ3v) is 4.10. The first-order valence-corrected chi connectivity index (χ1v) is 8.48. The van der Waals surface area contributed by atoms with E-state index in [2.05, 4.69) is 15.5 Å². The van der Waals surface area contributed by atoms with Crippen LogP contribution in [0.4, 0.5) is 5.69 Å². The largest absolute Gasteiger partial charge is 0.497 e. The number of amides is 1. The van der Waals surface area contributed by atoms with Crippen LogP contribution in [-0.4, -0.2) is 23.2 Å². The van der Waals surface area contributed by atoms with Gasteiger partial charge in [-0.25, -0.2) is 0 Å². The van der Waals surface area contributed by atoms with Crippen molar-refractivity contribution in [1.82, 2.24) is 10.1 Å². The molecule has 0 aliphatic heterocycles. The Hall–Kier alpha value is -2.67. The summed E-state index contributed by atoms with van der Waals surface area (Å²) in [5.41, 5.74) is 1.70. The van der Waals surface area contributed by atoms with Crippen LogP contribution in [0.3, 0.4) is 0 Å². The fourth-order valence-electron chi connectivity index (χ4n) is 2.17. The molecule has 0 aliphatic carbocycles. The minimum atomic E-state index is -0.0108. The van der Waals surface area contributed by atoms with Gasteiger partial charge in [-0.15, -0.1) is 0 Å². The second kappa shape index (κ2) is 7.74. The van der Waals surface area contributed by atoms with Crippen LogP contribution in [0.25, 0.3) is 11.4 Å². The Labute approximate surface area is 143 Å². The number of rotatable bonds is 7. The molecule has 0 saturated heterocycles. The van der Waals surface area contributed by atoms with Gasteiger partial charge in [-0.1, -0.05) is 5.16 Å². The summed E-state index contributed by atoms with van der Waals surface area (Å²) in [6.07, 6.45) is 1.64. The predicted molar refractivity (Wildman–Crippen MR) is 92.2 cm³/mol. The molecular formula is C17H17N3O3S. The third kappa shape index (κ3) is 4.20. The third-order valence-electron chi connectivity index (χ3n) is 3.42. The molecule has 1 aromatic carbocycles. The van der Waals surface area contributed by atoms with E-state index in [-0.39, 0.29) is 5.91 Å². The Kier molecular flexibility index (Phi) is 5.22. The van der Waals surface area contributed by atoms with E-state index >= 15 is 0 Å². The van der Waals surface area contributed by atoms with Crippen molar-refractivity contribution in [3.05, 3.63) is 47.0 Å². The lowest BCUT2D eigenvalue weighted by molar-refractivity contribution is -0.116. The van der Waals surface area contributed by atoms with Gasteiger partial charge in [-0.05, 0) is 42.1 Å². The molecule has 2 aromatic heterocycles. The van der Waals surface area contributed by atoms with Crippen LogP contribution in [0.2, 0.25) is 0 Å². The second-order valence-corrected chi connectivity index (χ2v) is 5.93. The lowest BCUT2D eigenvalue weighted by atomic mass is 10.2. The molecule has 3 rings (SSSR count). The van der Waals surface area contributed by atoms with Gasteiger partial charge in [0.05, 0.1) is 12.8 Å². The molecule has 0 saturated carbocycles. The maximum Gasteiger partial charge on any atom is 0.226 e. The normalized spacial score (nSPS) is 10.5. The zero-order valence-corrected chi connectivity index (χ0v) is 14.0. The van der Waals surface area contributed by atoms with Crippen molar-refractivity contribution in [2.45, 2.75) is 19.3 Å². The Morgan fingerprint density at radius 1 is 1.29 bits per heavy atom. The lowest BCUT2D eigenvalue weighted by Crippen LogP contribution is -2.10. The summed E-state index contributed by atoms with van der Waals surface area (Å²) in [6.45, 7) is 0. The highest BCUT2D eigenvalue weighted by atomic mass is 32.1.